The lowest BCUT2D eigenvalue weighted by molar-refractivity contribution is -0.120. The molecule has 18 heavy (non-hydrogen) atoms. The molecule has 0 aromatic carbocycles. The molecule has 0 saturated carbocycles. The summed E-state index contributed by atoms with van der Waals surface area (Å²) in [4.78, 5) is 24.7. The number of anilines is 1. The van der Waals surface area contributed by atoms with Crippen molar-refractivity contribution in [2.45, 2.75) is 33.1 Å². The van der Waals surface area contributed by atoms with Gasteiger partial charge in [0.1, 0.15) is 0 Å². The minimum atomic E-state index is -0.323. The Kier molecular flexibility index (Phi) is 2.65. The van der Waals surface area contributed by atoms with Crippen molar-refractivity contribution in [3.8, 4) is 0 Å². The molecule has 1 aliphatic rings. The molecule has 2 amide bonds. The Morgan fingerprint density at radius 3 is 2.22 bits per heavy atom. The second-order valence-corrected chi connectivity index (χ2v) is 5.57. The first-order valence-electron chi connectivity index (χ1n) is 5.83. The molecule has 0 aliphatic carbocycles. The van der Waals surface area contributed by atoms with E-state index in [-0.39, 0.29) is 17.2 Å². The summed E-state index contributed by atoms with van der Waals surface area (Å²) in [6.45, 7) is 7.81. The predicted octanol–water partition coefficient (Wildman–Crippen LogP) is 1.54. The first-order chi connectivity index (χ1) is 8.21. The van der Waals surface area contributed by atoms with Gasteiger partial charge in [-0.3, -0.25) is 14.3 Å². The van der Waals surface area contributed by atoms with Crippen LogP contribution in [-0.2, 0) is 22.1 Å². The summed E-state index contributed by atoms with van der Waals surface area (Å²) in [5.74, 6) is -0.222. The lowest BCUT2D eigenvalue weighted by Crippen LogP contribution is -2.31. The summed E-state index contributed by atoms with van der Waals surface area (Å²) in [5, 5.41) is 4.26. The number of aryl methyl sites for hydroxylation is 1. The molecule has 1 aromatic heterocycles. The number of imide groups is 1. The van der Waals surface area contributed by atoms with E-state index in [0.717, 1.165) is 10.6 Å². The van der Waals surface area contributed by atoms with Crippen LogP contribution in [0.25, 0.3) is 0 Å². The van der Waals surface area contributed by atoms with Gasteiger partial charge in [0.25, 0.3) is 11.8 Å². The third-order valence-electron chi connectivity index (χ3n) is 2.97. The van der Waals surface area contributed by atoms with Gasteiger partial charge in [-0.25, -0.2) is 4.90 Å². The van der Waals surface area contributed by atoms with Crippen molar-refractivity contribution in [1.82, 2.24) is 9.78 Å². The van der Waals surface area contributed by atoms with Crippen molar-refractivity contribution in [3.63, 3.8) is 0 Å². The average Bonchev–Trinajstić information content (AvgIpc) is 2.69. The van der Waals surface area contributed by atoms with Crippen LogP contribution in [-0.4, -0.2) is 21.6 Å². The summed E-state index contributed by atoms with van der Waals surface area (Å²) in [7, 11) is 1.81. The zero-order valence-electron chi connectivity index (χ0n) is 11.3. The fraction of sp³-hybridized carbons (Fsp3) is 0.462. The quantitative estimate of drug-likeness (QED) is 0.707. The van der Waals surface area contributed by atoms with Crippen LogP contribution >= 0.6 is 0 Å². The minimum absolute atomic E-state index is 0.0890. The average molecular weight is 247 g/mol. The van der Waals surface area contributed by atoms with E-state index in [1.165, 1.54) is 6.08 Å². The number of carbonyl (C=O) groups is 2. The highest BCUT2D eigenvalue weighted by molar-refractivity contribution is 6.29. The summed E-state index contributed by atoms with van der Waals surface area (Å²) in [5.41, 5.74) is 1.33. The van der Waals surface area contributed by atoms with Gasteiger partial charge >= 0.3 is 0 Å². The lowest BCUT2D eigenvalue weighted by atomic mass is 9.92. The van der Waals surface area contributed by atoms with Crippen LogP contribution in [0.2, 0.25) is 0 Å². The Labute approximate surface area is 106 Å². The zero-order chi connectivity index (χ0) is 13.7. The third-order valence-corrected chi connectivity index (χ3v) is 2.97. The molecular formula is C13H17N3O2. The second-order valence-electron chi connectivity index (χ2n) is 5.57. The number of carbonyl (C=O) groups excluding carboxylic acids is 2. The van der Waals surface area contributed by atoms with Crippen molar-refractivity contribution in [3.05, 3.63) is 23.4 Å². The van der Waals surface area contributed by atoms with Gasteiger partial charge in [-0.1, -0.05) is 20.8 Å². The summed E-state index contributed by atoms with van der Waals surface area (Å²) in [6.07, 6.45) is 1.34. The first-order valence-corrected chi connectivity index (χ1v) is 5.83. The number of aromatic nitrogens is 2. The van der Waals surface area contributed by atoms with Crippen molar-refractivity contribution >= 4 is 17.6 Å². The SMILES string of the molecule is CC1=CC(=O)N(c2cc(C(C)(C)C)n(C)n2)C1=O. The number of hydrogen-bond donors (Lipinski definition) is 0. The monoisotopic (exact) mass is 247 g/mol. The largest absolute Gasteiger partial charge is 0.270 e. The summed E-state index contributed by atoms with van der Waals surface area (Å²) in [6, 6.07) is 1.79. The van der Waals surface area contributed by atoms with E-state index >= 15 is 0 Å². The van der Waals surface area contributed by atoms with E-state index in [1.54, 1.807) is 17.7 Å². The van der Waals surface area contributed by atoms with Crippen molar-refractivity contribution in [1.29, 1.82) is 0 Å². The van der Waals surface area contributed by atoms with Gasteiger partial charge in [0.2, 0.25) is 0 Å². The Bertz CT molecular complexity index is 561. The van der Waals surface area contributed by atoms with Crippen LogP contribution in [0.4, 0.5) is 5.82 Å². The maximum absolute atomic E-state index is 11.9. The molecule has 0 radical (unpaired) electrons. The van der Waals surface area contributed by atoms with E-state index in [9.17, 15) is 9.59 Å². The summed E-state index contributed by atoms with van der Waals surface area (Å²) >= 11 is 0. The summed E-state index contributed by atoms with van der Waals surface area (Å²) < 4.78 is 1.71. The van der Waals surface area contributed by atoms with Crippen LogP contribution in [0.5, 0.6) is 0 Å². The van der Waals surface area contributed by atoms with Gasteiger partial charge in [-0.05, 0) is 6.92 Å². The third kappa shape index (κ3) is 1.85. The molecule has 0 saturated heterocycles. The van der Waals surface area contributed by atoms with Crippen molar-refractivity contribution in [2.75, 3.05) is 4.90 Å². The Hall–Kier alpha value is -1.91. The van der Waals surface area contributed by atoms with Crippen LogP contribution in [0, 0.1) is 0 Å². The Morgan fingerprint density at radius 2 is 1.83 bits per heavy atom. The molecule has 96 valence electrons. The molecule has 0 unspecified atom stereocenters. The lowest BCUT2D eigenvalue weighted by Gasteiger charge is -2.17. The molecule has 2 heterocycles. The minimum Gasteiger partial charge on any atom is -0.270 e. The maximum Gasteiger partial charge on any atom is 0.262 e. The predicted molar refractivity (Wildman–Crippen MR) is 68.2 cm³/mol. The zero-order valence-corrected chi connectivity index (χ0v) is 11.3. The molecule has 1 aromatic rings. The number of hydrogen-bond acceptors (Lipinski definition) is 3. The number of rotatable bonds is 1. The van der Waals surface area contributed by atoms with E-state index in [4.69, 9.17) is 0 Å². The van der Waals surface area contributed by atoms with Crippen LogP contribution in [0.15, 0.2) is 17.7 Å². The van der Waals surface area contributed by atoms with E-state index in [2.05, 4.69) is 25.9 Å². The Morgan fingerprint density at radius 1 is 1.22 bits per heavy atom. The highest BCUT2D eigenvalue weighted by Gasteiger charge is 2.33. The van der Waals surface area contributed by atoms with E-state index in [1.807, 2.05) is 7.05 Å². The molecular weight excluding hydrogens is 230 g/mol. The molecule has 5 nitrogen and oxygen atoms in total. The number of nitrogens with zero attached hydrogens (tertiary/aromatic N) is 3. The van der Waals surface area contributed by atoms with Crippen LogP contribution in [0.1, 0.15) is 33.4 Å². The number of amides is 2. The van der Waals surface area contributed by atoms with E-state index in [0.29, 0.717) is 11.4 Å². The highest BCUT2D eigenvalue weighted by Crippen LogP contribution is 2.28. The van der Waals surface area contributed by atoms with Gasteiger partial charge < -0.3 is 0 Å². The molecule has 0 fully saturated rings. The van der Waals surface area contributed by atoms with Crippen LogP contribution < -0.4 is 4.90 Å². The van der Waals surface area contributed by atoms with Gasteiger partial charge in [0, 0.05) is 35.9 Å². The Balaban J connectivity index is 2.43. The van der Waals surface area contributed by atoms with Gasteiger partial charge in [-0.15, -0.1) is 0 Å². The molecule has 0 atom stereocenters. The molecule has 1 aliphatic heterocycles. The highest BCUT2D eigenvalue weighted by atomic mass is 16.2. The molecule has 2 rings (SSSR count). The van der Waals surface area contributed by atoms with Gasteiger partial charge in [0.05, 0.1) is 0 Å². The molecule has 0 N–H and O–H groups in total. The maximum atomic E-state index is 11.9. The fourth-order valence-electron chi connectivity index (χ4n) is 2.07. The molecule has 0 bridgehead atoms. The standard InChI is InChI=1S/C13H17N3O2/c1-8-6-11(17)16(12(8)18)10-7-9(13(2,3)4)15(5)14-10/h6-7H,1-5H3. The van der Waals surface area contributed by atoms with Crippen molar-refractivity contribution < 1.29 is 9.59 Å². The smallest absolute Gasteiger partial charge is 0.262 e. The topological polar surface area (TPSA) is 55.2 Å². The normalized spacial score (nSPS) is 16.5. The van der Waals surface area contributed by atoms with Gasteiger partial charge in [0.15, 0.2) is 5.82 Å². The first kappa shape index (κ1) is 12.5. The van der Waals surface area contributed by atoms with E-state index < -0.39 is 0 Å². The van der Waals surface area contributed by atoms with Crippen molar-refractivity contribution in [2.24, 2.45) is 7.05 Å². The second kappa shape index (κ2) is 3.80. The fourth-order valence-corrected chi connectivity index (χ4v) is 2.07. The van der Waals surface area contributed by atoms with Crippen LogP contribution in [0.3, 0.4) is 0 Å². The molecule has 5 heteroatoms. The van der Waals surface area contributed by atoms with Gasteiger partial charge in [-0.2, -0.15) is 5.10 Å². The molecule has 0 spiro atoms.